The lowest BCUT2D eigenvalue weighted by atomic mass is 10.0. The monoisotopic (exact) mass is 466 g/mol. The van der Waals surface area contributed by atoms with Crippen molar-refractivity contribution in [3.8, 4) is 0 Å². The number of H-pyrrole nitrogens is 1. The number of aliphatic carboxylic acids is 2. The molecule has 0 spiro atoms. The third-order valence-corrected chi connectivity index (χ3v) is 5.36. The number of aromatic nitrogens is 1. The van der Waals surface area contributed by atoms with E-state index in [9.17, 15) is 29.4 Å². The van der Waals surface area contributed by atoms with E-state index in [4.69, 9.17) is 5.73 Å². The molecule has 0 saturated carbocycles. The first-order chi connectivity index (χ1) is 16.2. The quantitative estimate of drug-likeness (QED) is 0.242. The van der Waals surface area contributed by atoms with Gasteiger partial charge in [0.05, 0.1) is 12.5 Å². The van der Waals surface area contributed by atoms with Crippen LogP contribution in [-0.2, 0) is 32.0 Å². The summed E-state index contributed by atoms with van der Waals surface area (Å²) in [6, 6.07) is 12.3. The van der Waals surface area contributed by atoms with Gasteiger partial charge in [-0.25, -0.2) is 4.79 Å². The maximum Gasteiger partial charge on any atom is 0.326 e. The predicted molar refractivity (Wildman–Crippen MR) is 124 cm³/mol. The summed E-state index contributed by atoms with van der Waals surface area (Å²) in [6.45, 7) is 0. The molecule has 0 fully saturated rings. The van der Waals surface area contributed by atoms with E-state index in [0.717, 1.165) is 16.5 Å². The molecule has 3 aromatic rings. The van der Waals surface area contributed by atoms with Crippen molar-refractivity contribution in [3.63, 3.8) is 0 Å². The van der Waals surface area contributed by atoms with E-state index in [1.165, 1.54) is 0 Å². The fourth-order valence-corrected chi connectivity index (χ4v) is 3.61. The third kappa shape index (κ3) is 6.42. The summed E-state index contributed by atoms with van der Waals surface area (Å²) in [4.78, 5) is 51.5. The number of amides is 2. The number of hydrogen-bond acceptors (Lipinski definition) is 5. The van der Waals surface area contributed by atoms with E-state index < -0.39 is 48.3 Å². The highest BCUT2D eigenvalue weighted by Gasteiger charge is 2.30. The Hall–Kier alpha value is -4.18. The molecule has 1 heterocycles. The minimum Gasteiger partial charge on any atom is -0.481 e. The van der Waals surface area contributed by atoms with Crippen molar-refractivity contribution in [1.29, 1.82) is 0 Å². The van der Waals surface area contributed by atoms with Crippen LogP contribution >= 0.6 is 0 Å². The fraction of sp³-hybridized carbons (Fsp3) is 0.250. The SMILES string of the molecule is N[C@@H](Cc1c[nH]c2ccccc12)C(=O)N[C@@H](CC(=O)O)C(=O)N[C@@H](Cc1ccccc1)C(=O)O. The molecule has 0 aliphatic heterocycles. The number of carboxylic acid groups (broad SMARTS) is 2. The second-order valence-corrected chi connectivity index (χ2v) is 7.92. The fourth-order valence-electron chi connectivity index (χ4n) is 3.61. The van der Waals surface area contributed by atoms with Gasteiger partial charge >= 0.3 is 11.9 Å². The zero-order chi connectivity index (χ0) is 24.7. The first-order valence-corrected chi connectivity index (χ1v) is 10.6. The molecule has 2 amide bonds. The first kappa shape index (κ1) is 24.5. The van der Waals surface area contributed by atoms with E-state index in [0.29, 0.717) is 5.56 Å². The van der Waals surface area contributed by atoms with Crippen molar-refractivity contribution in [1.82, 2.24) is 15.6 Å². The molecule has 2 aromatic carbocycles. The molecule has 34 heavy (non-hydrogen) atoms. The second-order valence-electron chi connectivity index (χ2n) is 7.92. The van der Waals surface area contributed by atoms with Gasteiger partial charge in [-0.05, 0) is 23.6 Å². The maximum absolute atomic E-state index is 12.7. The van der Waals surface area contributed by atoms with Crippen LogP contribution in [0.4, 0.5) is 0 Å². The summed E-state index contributed by atoms with van der Waals surface area (Å²) >= 11 is 0. The van der Waals surface area contributed by atoms with Crippen LogP contribution in [0.1, 0.15) is 17.5 Å². The predicted octanol–water partition coefficient (Wildman–Crippen LogP) is 0.809. The van der Waals surface area contributed by atoms with E-state index in [1.807, 2.05) is 24.3 Å². The highest BCUT2D eigenvalue weighted by atomic mass is 16.4. The van der Waals surface area contributed by atoms with Gasteiger partial charge in [0.25, 0.3) is 0 Å². The number of carboxylic acids is 2. The zero-order valence-corrected chi connectivity index (χ0v) is 18.2. The number of hydrogen-bond donors (Lipinski definition) is 6. The van der Waals surface area contributed by atoms with Gasteiger partial charge < -0.3 is 31.6 Å². The summed E-state index contributed by atoms with van der Waals surface area (Å²) in [5, 5.41) is 24.3. The Morgan fingerprint density at radius 2 is 1.50 bits per heavy atom. The van der Waals surface area contributed by atoms with Crippen molar-refractivity contribution in [2.24, 2.45) is 5.73 Å². The zero-order valence-electron chi connectivity index (χ0n) is 18.2. The normalized spacial score (nSPS) is 13.6. The smallest absolute Gasteiger partial charge is 0.326 e. The van der Waals surface area contributed by atoms with Crippen LogP contribution in [0.3, 0.4) is 0 Å². The van der Waals surface area contributed by atoms with E-state index in [2.05, 4.69) is 15.6 Å². The van der Waals surface area contributed by atoms with Crippen LogP contribution in [0, 0.1) is 0 Å². The third-order valence-electron chi connectivity index (χ3n) is 5.36. The Morgan fingerprint density at radius 1 is 0.853 bits per heavy atom. The summed E-state index contributed by atoms with van der Waals surface area (Å²) in [5.74, 6) is -4.26. The number of rotatable bonds is 11. The number of fused-ring (bicyclic) bond motifs is 1. The highest BCUT2D eigenvalue weighted by molar-refractivity contribution is 5.94. The maximum atomic E-state index is 12.7. The number of carbonyl (C=O) groups is 4. The van der Waals surface area contributed by atoms with Crippen molar-refractivity contribution in [3.05, 3.63) is 71.9 Å². The molecular weight excluding hydrogens is 440 g/mol. The van der Waals surface area contributed by atoms with Crippen LogP contribution in [0.5, 0.6) is 0 Å². The van der Waals surface area contributed by atoms with Crippen molar-refractivity contribution in [2.75, 3.05) is 0 Å². The minimum atomic E-state index is -1.49. The minimum absolute atomic E-state index is 0.00424. The molecule has 0 aliphatic rings. The highest BCUT2D eigenvalue weighted by Crippen LogP contribution is 2.18. The first-order valence-electron chi connectivity index (χ1n) is 10.6. The largest absolute Gasteiger partial charge is 0.481 e. The second kappa shape index (κ2) is 11.1. The van der Waals surface area contributed by atoms with Gasteiger partial charge in [-0.3, -0.25) is 14.4 Å². The van der Waals surface area contributed by atoms with Gasteiger partial charge in [-0.1, -0.05) is 48.5 Å². The lowest BCUT2D eigenvalue weighted by molar-refractivity contribution is -0.143. The van der Waals surface area contributed by atoms with E-state index >= 15 is 0 Å². The topological polar surface area (TPSA) is 175 Å². The van der Waals surface area contributed by atoms with Gasteiger partial charge in [-0.2, -0.15) is 0 Å². The summed E-state index contributed by atoms with van der Waals surface area (Å²) in [6.07, 6.45) is 1.16. The van der Waals surface area contributed by atoms with E-state index in [1.54, 1.807) is 36.5 Å². The van der Waals surface area contributed by atoms with Crippen LogP contribution in [0.2, 0.25) is 0 Å². The van der Waals surface area contributed by atoms with Crippen molar-refractivity contribution in [2.45, 2.75) is 37.4 Å². The molecule has 0 saturated heterocycles. The van der Waals surface area contributed by atoms with Crippen molar-refractivity contribution >= 4 is 34.7 Å². The molecular formula is C24H26N4O6. The average molecular weight is 466 g/mol. The van der Waals surface area contributed by atoms with Gasteiger partial charge in [0.15, 0.2) is 0 Å². The van der Waals surface area contributed by atoms with Gasteiger partial charge in [0.1, 0.15) is 12.1 Å². The number of benzene rings is 2. The average Bonchev–Trinajstić information content (AvgIpc) is 3.21. The molecule has 1 aromatic heterocycles. The number of para-hydroxylation sites is 1. The molecule has 7 N–H and O–H groups in total. The lowest BCUT2D eigenvalue weighted by Gasteiger charge is -2.22. The molecule has 178 valence electrons. The van der Waals surface area contributed by atoms with Crippen LogP contribution in [-0.4, -0.2) is 57.1 Å². The molecule has 3 rings (SSSR count). The Balaban J connectivity index is 1.67. The Labute approximate surface area is 195 Å². The summed E-state index contributed by atoms with van der Waals surface area (Å²) < 4.78 is 0. The number of carbonyl (C=O) groups excluding carboxylic acids is 2. The Morgan fingerprint density at radius 3 is 2.18 bits per heavy atom. The Kier molecular flexibility index (Phi) is 7.99. The summed E-state index contributed by atoms with van der Waals surface area (Å²) in [7, 11) is 0. The lowest BCUT2D eigenvalue weighted by Crippen LogP contribution is -2.55. The molecule has 0 aliphatic carbocycles. The van der Waals surface area contributed by atoms with Crippen LogP contribution < -0.4 is 16.4 Å². The molecule has 0 radical (unpaired) electrons. The number of aromatic amines is 1. The van der Waals surface area contributed by atoms with Gasteiger partial charge in [0, 0.05) is 23.5 Å². The van der Waals surface area contributed by atoms with Crippen LogP contribution in [0.25, 0.3) is 10.9 Å². The summed E-state index contributed by atoms with van der Waals surface area (Å²) in [5.41, 5.74) is 8.39. The number of nitrogens with one attached hydrogen (secondary N) is 3. The van der Waals surface area contributed by atoms with E-state index in [-0.39, 0.29) is 12.8 Å². The molecule has 10 nitrogen and oxygen atoms in total. The number of nitrogens with two attached hydrogens (primary N) is 1. The van der Waals surface area contributed by atoms with Crippen LogP contribution in [0.15, 0.2) is 60.8 Å². The van der Waals surface area contributed by atoms with Gasteiger partial charge in [-0.15, -0.1) is 0 Å². The van der Waals surface area contributed by atoms with Gasteiger partial charge in [0.2, 0.25) is 11.8 Å². The standard InChI is InChI=1S/C24H26N4O6/c25-17(11-15-13-26-18-9-5-4-8-16(15)18)22(31)27-19(12-21(29)30)23(32)28-20(24(33)34)10-14-6-2-1-3-7-14/h1-9,13,17,19-20,26H,10-12,25H2,(H,27,31)(H,28,32)(H,29,30)(H,33,34)/t17-,19-,20-/m0/s1. The molecule has 10 heteroatoms. The molecule has 3 atom stereocenters. The van der Waals surface area contributed by atoms with Crippen molar-refractivity contribution < 1.29 is 29.4 Å². The Bertz CT molecular complexity index is 1180. The molecule has 0 bridgehead atoms. The molecule has 0 unspecified atom stereocenters.